The van der Waals surface area contributed by atoms with Crippen molar-refractivity contribution in [1.82, 2.24) is 0 Å². The fourth-order valence-electron chi connectivity index (χ4n) is 2.65. The third kappa shape index (κ3) is 14.5. The standard InChI is InChI=1S/C21H40O2/c1-5-7-9-10-11-12-13-14-18-23-21(22)20(4)17-16-19(3)15-8-6-2/h17,19H,5-16,18H2,1-4H3/b20-17+. The van der Waals surface area contributed by atoms with Crippen LogP contribution < -0.4 is 0 Å². The Morgan fingerprint density at radius 1 is 0.913 bits per heavy atom. The Hall–Kier alpha value is -0.790. The first-order valence-corrected chi connectivity index (χ1v) is 9.95. The van der Waals surface area contributed by atoms with Gasteiger partial charge >= 0.3 is 5.97 Å². The second-order valence-electron chi connectivity index (χ2n) is 6.98. The van der Waals surface area contributed by atoms with Gasteiger partial charge in [0.15, 0.2) is 0 Å². The number of hydrogen-bond donors (Lipinski definition) is 0. The summed E-state index contributed by atoms with van der Waals surface area (Å²) in [6.07, 6.45) is 17.0. The molecule has 0 saturated carbocycles. The predicted molar refractivity (Wildman–Crippen MR) is 101 cm³/mol. The lowest BCUT2D eigenvalue weighted by molar-refractivity contribution is -0.139. The van der Waals surface area contributed by atoms with Gasteiger partial charge in [-0.05, 0) is 25.7 Å². The van der Waals surface area contributed by atoms with Gasteiger partial charge in [0.25, 0.3) is 0 Å². The normalized spacial score (nSPS) is 13.1. The fourth-order valence-corrected chi connectivity index (χ4v) is 2.65. The molecule has 0 aliphatic heterocycles. The maximum Gasteiger partial charge on any atom is 0.333 e. The Morgan fingerprint density at radius 2 is 1.48 bits per heavy atom. The molecule has 23 heavy (non-hydrogen) atoms. The molecule has 2 heteroatoms. The Labute approximate surface area is 145 Å². The van der Waals surface area contributed by atoms with Gasteiger partial charge in [0.05, 0.1) is 6.61 Å². The summed E-state index contributed by atoms with van der Waals surface area (Å²) in [7, 11) is 0. The largest absolute Gasteiger partial charge is 0.462 e. The van der Waals surface area contributed by atoms with Crippen molar-refractivity contribution < 1.29 is 9.53 Å². The van der Waals surface area contributed by atoms with E-state index >= 15 is 0 Å². The molecule has 2 nitrogen and oxygen atoms in total. The van der Waals surface area contributed by atoms with Gasteiger partial charge in [-0.25, -0.2) is 4.79 Å². The molecule has 0 radical (unpaired) electrons. The lowest BCUT2D eigenvalue weighted by Crippen LogP contribution is -2.07. The van der Waals surface area contributed by atoms with Crippen LogP contribution >= 0.6 is 0 Å². The average molecular weight is 325 g/mol. The second kappa shape index (κ2) is 16.1. The lowest BCUT2D eigenvalue weighted by atomic mass is 9.99. The summed E-state index contributed by atoms with van der Waals surface area (Å²) < 4.78 is 5.36. The van der Waals surface area contributed by atoms with Crippen molar-refractivity contribution >= 4 is 5.97 Å². The summed E-state index contributed by atoms with van der Waals surface area (Å²) in [6.45, 7) is 9.17. The van der Waals surface area contributed by atoms with Crippen LogP contribution in [-0.4, -0.2) is 12.6 Å². The molecule has 0 aliphatic rings. The van der Waals surface area contributed by atoms with Gasteiger partial charge < -0.3 is 4.74 Å². The molecule has 0 spiro atoms. The van der Waals surface area contributed by atoms with E-state index in [1.54, 1.807) is 0 Å². The van der Waals surface area contributed by atoms with Crippen LogP contribution in [-0.2, 0) is 9.53 Å². The van der Waals surface area contributed by atoms with Crippen LogP contribution in [0.4, 0.5) is 0 Å². The highest BCUT2D eigenvalue weighted by Crippen LogP contribution is 2.14. The van der Waals surface area contributed by atoms with E-state index in [2.05, 4.69) is 26.8 Å². The number of esters is 1. The smallest absolute Gasteiger partial charge is 0.333 e. The summed E-state index contributed by atoms with van der Waals surface area (Å²) >= 11 is 0. The van der Waals surface area contributed by atoms with E-state index in [0.717, 1.165) is 18.4 Å². The van der Waals surface area contributed by atoms with Gasteiger partial charge in [-0.1, -0.05) is 91.1 Å². The van der Waals surface area contributed by atoms with E-state index in [1.165, 1.54) is 64.2 Å². The number of carbonyl (C=O) groups is 1. The van der Waals surface area contributed by atoms with Crippen LogP contribution in [0.15, 0.2) is 11.6 Å². The fraction of sp³-hybridized carbons (Fsp3) is 0.857. The van der Waals surface area contributed by atoms with Crippen LogP contribution in [0.25, 0.3) is 0 Å². The Morgan fingerprint density at radius 3 is 2.09 bits per heavy atom. The number of unbranched alkanes of at least 4 members (excludes halogenated alkanes) is 8. The minimum absolute atomic E-state index is 0.129. The summed E-state index contributed by atoms with van der Waals surface area (Å²) in [6, 6.07) is 0. The van der Waals surface area contributed by atoms with E-state index < -0.39 is 0 Å². The molecule has 136 valence electrons. The zero-order valence-corrected chi connectivity index (χ0v) is 16.2. The monoisotopic (exact) mass is 324 g/mol. The van der Waals surface area contributed by atoms with Crippen molar-refractivity contribution in [1.29, 1.82) is 0 Å². The first-order valence-electron chi connectivity index (χ1n) is 9.95. The third-order valence-electron chi connectivity index (χ3n) is 4.43. The van der Waals surface area contributed by atoms with E-state index in [-0.39, 0.29) is 5.97 Å². The lowest BCUT2D eigenvalue weighted by Gasteiger charge is -2.09. The summed E-state index contributed by atoms with van der Waals surface area (Å²) in [4.78, 5) is 11.9. The van der Waals surface area contributed by atoms with Gasteiger partial charge in [-0.15, -0.1) is 0 Å². The molecule has 0 amide bonds. The summed E-state index contributed by atoms with van der Waals surface area (Å²) in [5.41, 5.74) is 0.771. The predicted octanol–water partition coefficient (Wildman–Crippen LogP) is 6.83. The summed E-state index contributed by atoms with van der Waals surface area (Å²) in [5, 5.41) is 0. The Kier molecular flexibility index (Phi) is 15.5. The zero-order chi connectivity index (χ0) is 17.3. The molecule has 0 aromatic heterocycles. The molecule has 0 aliphatic carbocycles. The number of hydrogen-bond acceptors (Lipinski definition) is 2. The molecular weight excluding hydrogens is 284 g/mol. The van der Waals surface area contributed by atoms with Gasteiger partial charge in [0, 0.05) is 5.57 Å². The number of ether oxygens (including phenoxy) is 1. The van der Waals surface area contributed by atoms with Gasteiger partial charge in [-0.3, -0.25) is 0 Å². The maximum atomic E-state index is 11.9. The van der Waals surface area contributed by atoms with Crippen LogP contribution in [0.2, 0.25) is 0 Å². The van der Waals surface area contributed by atoms with Crippen LogP contribution in [0.3, 0.4) is 0 Å². The SMILES string of the molecule is CCCCCCCCCCOC(=O)/C(C)=C/CC(C)CCCC. The molecule has 1 unspecified atom stereocenters. The molecule has 0 heterocycles. The van der Waals surface area contributed by atoms with E-state index in [4.69, 9.17) is 4.74 Å². The molecule has 0 rings (SSSR count). The molecule has 0 fully saturated rings. The van der Waals surface area contributed by atoms with Gasteiger partial charge in [0.2, 0.25) is 0 Å². The Balaban J connectivity index is 3.60. The molecule has 0 aromatic rings. The second-order valence-corrected chi connectivity index (χ2v) is 6.98. The molecule has 0 N–H and O–H groups in total. The third-order valence-corrected chi connectivity index (χ3v) is 4.43. The molecular formula is C21H40O2. The number of carbonyl (C=O) groups excluding carboxylic acids is 1. The van der Waals surface area contributed by atoms with Crippen LogP contribution in [0, 0.1) is 5.92 Å². The van der Waals surface area contributed by atoms with Crippen molar-refractivity contribution in [2.45, 2.75) is 105 Å². The first kappa shape index (κ1) is 22.2. The van der Waals surface area contributed by atoms with Crippen LogP contribution in [0.1, 0.15) is 105 Å². The highest BCUT2D eigenvalue weighted by molar-refractivity contribution is 5.87. The van der Waals surface area contributed by atoms with E-state index in [1.807, 2.05) is 6.92 Å². The molecule has 1 atom stereocenters. The van der Waals surface area contributed by atoms with Crippen LogP contribution in [0.5, 0.6) is 0 Å². The van der Waals surface area contributed by atoms with E-state index in [9.17, 15) is 4.79 Å². The molecule has 0 aromatic carbocycles. The first-order chi connectivity index (χ1) is 11.1. The minimum atomic E-state index is -0.129. The van der Waals surface area contributed by atoms with Gasteiger partial charge in [0.1, 0.15) is 0 Å². The Bertz CT molecular complexity index is 307. The van der Waals surface area contributed by atoms with E-state index in [0.29, 0.717) is 12.5 Å². The summed E-state index contributed by atoms with van der Waals surface area (Å²) in [5.74, 6) is 0.529. The van der Waals surface area contributed by atoms with Crippen molar-refractivity contribution in [3.63, 3.8) is 0 Å². The quantitative estimate of drug-likeness (QED) is 0.187. The molecule has 0 bridgehead atoms. The van der Waals surface area contributed by atoms with Crippen molar-refractivity contribution in [2.75, 3.05) is 6.61 Å². The zero-order valence-electron chi connectivity index (χ0n) is 16.2. The molecule has 0 saturated heterocycles. The maximum absolute atomic E-state index is 11.9. The topological polar surface area (TPSA) is 26.3 Å². The van der Waals surface area contributed by atoms with Crippen molar-refractivity contribution in [3.05, 3.63) is 11.6 Å². The number of rotatable bonds is 15. The van der Waals surface area contributed by atoms with Crippen molar-refractivity contribution in [3.8, 4) is 0 Å². The van der Waals surface area contributed by atoms with Crippen molar-refractivity contribution in [2.24, 2.45) is 5.92 Å². The minimum Gasteiger partial charge on any atom is -0.462 e. The average Bonchev–Trinajstić information content (AvgIpc) is 2.56. The highest BCUT2D eigenvalue weighted by atomic mass is 16.5. The highest BCUT2D eigenvalue weighted by Gasteiger charge is 2.06. The number of allylic oxidation sites excluding steroid dienone is 1. The van der Waals surface area contributed by atoms with Gasteiger partial charge in [-0.2, -0.15) is 0 Å².